The molecule has 0 saturated carbocycles. The number of ether oxygens (including phenoxy) is 1. The summed E-state index contributed by atoms with van der Waals surface area (Å²) in [4.78, 5) is 6.54. The average molecular weight is 345 g/mol. The van der Waals surface area contributed by atoms with Gasteiger partial charge in [-0.25, -0.2) is 17.7 Å². The van der Waals surface area contributed by atoms with Crippen molar-refractivity contribution < 1.29 is 13.2 Å². The van der Waals surface area contributed by atoms with Crippen molar-refractivity contribution in [3.8, 4) is 0 Å². The predicted octanol–water partition coefficient (Wildman–Crippen LogP) is 0.240. The first-order chi connectivity index (χ1) is 11.0. The molecule has 1 aliphatic rings. The highest BCUT2D eigenvalue weighted by molar-refractivity contribution is 7.89. The molecule has 1 saturated heterocycles. The van der Waals surface area contributed by atoms with Gasteiger partial charge in [-0.05, 0) is 19.4 Å². The van der Waals surface area contributed by atoms with Gasteiger partial charge in [0.05, 0.1) is 18.4 Å². The Morgan fingerprint density at radius 2 is 2.26 bits per heavy atom. The van der Waals surface area contributed by atoms with Crippen molar-refractivity contribution in [3.05, 3.63) is 11.6 Å². The quantitative estimate of drug-likeness (QED) is 0.726. The summed E-state index contributed by atoms with van der Waals surface area (Å²) in [7, 11) is -0.0970. The molecule has 2 heterocycles. The van der Waals surface area contributed by atoms with E-state index in [1.165, 1.54) is 4.31 Å². The second-order valence-electron chi connectivity index (χ2n) is 5.91. The van der Waals surface area contributed by atoms with Crippen LogP contribution in [0.15, 0.2) is 0 Å². The lowest BCUT2D eigenvalue weighted by Crippen LogP contribution is -2.47. The van der Waals surface area contributed by atoms with Crippen LogP contribution in [0.4, 0.5) is 0 Å². The molecule has 8 nitrogen and oxygen atoms in total. The molecule has 1 aliphatic heterocycles. The van der Waals surface area contributed by atoms with Gasteiger partial charge in [-0.15, -0.1) is 0 Å². The van der Waals surface area contributed by atoms with E-state index in [4.69, 9.17) is 4.74 Å². The van der Waals surface area contributed by atoms with E-state index in [-0.39, 0.29) is 5.25 Å². The van der Waals surface area contributed by atoms with Gasteiger partial charge in [0.25, 0.3) is 0 Å². The van der Waals surface area contributed by atoms with E-state index < -0.39 is 10.0 Å². The maximum atomic E-state index is 12.6. The normalized spacial score (nSPS) is 20.3. The highest BCUT2D eigenvalue weighted by Gasteiger charge is 2.33. The Balaban J connectivity index is 1.96. The van der Waals surface area contributed by atoms with E-state index in [9.17, 15) is 8.42 Å². The molecule has 9 heteroatoms. The van der Waals surface area contributed by atoms with E-state index in [0.29, 0.717) is 32.7 Å². The lowest BCUT2D eigenvalue weighted by atomic mass is 10.1. The van der Waals surface area contributed by atoms with E-state index in [2.05, 4.69) is 20.1 Å². The van der Waals surface area contributed by atoms with Gasteiger partial charge in [0.1, 0.15) is 11.6 Å². The van der Waals surface area contributed by atoms with Crippen LogP contribution in [0.1, 0.15) is 31.4 Å². The molecular weight excluding hydrogens is 318 g/mol. The van der Waals surface area contributed by atoms with E-state index in [1.807, 2.05) is 6.92 Å². The van der Waals surface area contributed by atoms with E-state index >= 15 is 0 Å². The number of aromatic nitrogens is 3. The molecule has 23 heavy (non-hydrogen) atoms. The Hall–Kier alpha value is -1.03. The number of nitrogens with zero attached hydrogens (tertiary/aromatic N) is 4. The van der Waals surface area contributed by atoms with Gasteiger partial charge in [0.15, 0.2) is 0 Å². The molecule has 0 bridgehead atoms. The zero-order chi connectivity index (χ0) is 16.9. The van der Waals surface area contributed by atoms with Gasteiger partial charge in [-0.2, -0.15) is 5.10 Å². The number of likely N-dealkylation sites (N-methyl/N-ethyl adjacent to an activating group) is 1. The number of H-pyrrole nitrogens is 1. The van der Waals surface area contributed by atoms with Crippen LogP contribution < -0.4 is 0 Å². The first-order valence-corrected chi connectivity index (χ1v) is 9.54. The molecule has 1 aromatic rings. The standard InChI is InChI=1S/C14H27N5O3S/c1-4-13-15-14(17-16-13)11-19-7-5-6-12(10-19)23(20,21)18(2)8-9-22-3/h12H,4-11H2,1-3H3,(H,15,16,17). The van der Waals surface area contributed by atoms with Crippen molar-refractivity contribution in [2.45, 2.75) is 38.0 Å². The summed E-state index contributed by atoms with van der Waals surface area (Å²) in [5.74, 6) is 1.59. The number of likely N-dealkylation sites (tertiary alicyclic amines) is 1. The summed E-state index contributed by atoms with van der Waals surface area (Å²) in [6, 6.07) is 0. The van der Waals surface area contributed by atoms with Gasteiger partial charge in [-0.3, -0.25) is 10.00 Å². The minimum atomic E-state index is -3.29. The molecule has 0 aromatic carbocycles. The van der Waals surface area contributed by atoms with Crippen LogP contribution in [0.25, 0.3) is 0 Å². The summed E-state index contributed by atoms with van der Waals surface area (Å²) in [5.41, 5.74) is 0. The zero-order valence-corrected chi connectivity index (χ0v) is 15.0. The highest BCUT2D eigenvalue weighted by atomic mass is 32.2. The first kappa shape index (κ1) is 18.3. The Morgan fingerprint density at radius 1 is 1.48 bits per heavy atom. The Labute approximate surface area is 138 Å². The number of nitrogens with one attached hydrogen (secondary N) is 1. The van der Waals surface area contributed by atoms with Gasteiger partial charge in [0.2, 0.25) is 10.0 Å². The molecule has 0 radical (unpaired) electrons. The van der Waals surface area contributed by atoms with Crippen LogP contribution in [-0.4, -0.2) is 78.5 Å². The number of piperidine rings is 1. The summed E-state index contributed by atoms with van der Waals surface area (Å²) >= 11 is 0. The van der Waals surface area contributed by atoms with Crippen LogP contribution in [-0.2, 0) is 27.7 Å². The van der Waals surface area contributed by atoms with Crippen molar-refractivity contribution in [1.29, 1.82) is 0 Å². The molecule has 132 valence electrons. The third-order valence-corrected chi connectivity index (χ3v) is 6.47. The van der Waals surface area contributed by atoms with E-state index in [0.717, 1.165) is 31.0 Å². The molecule has 0 aliphatic carbocycles. The van der Waals surface area contributed by atoms with Crippen molar-refractivity contribution in [2.75, 3.05) is 40.4 Å². The number of hydrogen-bond acceptors (Lipinski definition) is 6. The molecule has 1 atom stereocenters. The molecule has 1 unspecified atom stereocenters. The maximum Gasteiger partial charge on any atom is 0.218 e. The Kier molecular flexibility index (Phi) is 6.51. The zero-order valence-electron chi connectivity index (χ0n) is 14.2. The lowest BCUT2D eigenvalue weighted by molar-refractivity contribution is 0.182. The van der Waals surface area contributed by atoms with Crippen LogP contribution in [0, 0.1) is 0 Å². The molecule has 0 spiro atoms. The minimum Gasteiger partial charge on any atom is -0.383 e. The van der Waals surface area contributed by atoms with Crippen LogP contribution >= 0.6 is 0 Å². The van der Waals surface area contributed by atoms with Crippen LogP contribution in [0.5, 0.6) is 0 Å². The van der Waals surface area contributed by atoms with Crippen molar-refractivity contribution in [1.82, 2.24) is 24.4 Å². The largest absolute Gasteiger partial charge is 0.383 e. The second-order valence-corrected chi connectivity index (χ2v) is 8.23. The minimum absolute atomic E-state index is 0.369. The monoisotopic (exact) mass is 345 g/mol. The number of aryl methyl sites for hydroxylation is 1. The fourth-order valence-corrected chi connectivity index (χ4v) is 4.48. The third kappa shape index (κ3) is 4.72. The van der Waals surface area contributed by atoms with Crippen molar-refractivity contribution in [3.63, 3.8) is 0 Å². The van der Waals surface area contributed by atoms with Gasteiger partial charge in [-0.1, -0.05) is 6.92 Å². The lowest BCUT2D eigenvalue weighted by Gasteiger charge is -2.33. The van der Waals surface area contributed by atoms with Crippen LogP contribution in [0.3, 0.4) is 0 Å². The smallest absolute Gasteiger partial charge is 0.218 e. The highest BCUT2D eigenvalue weighted by Crippen LogP contribution is 2.20. The molecule has 2 rings (SSSR count). The molecule has 0 amide bonds. The average Bonchev–Trinajstić information content (AvgIpc) is 3.00. The number of sulfonamides is 1. The maximum absolute atomic E-state index is 12.6. The van der Waals surface area contributed by atoms with Crippen LogP contribution in [0.2, 0.25) is 0 Å². The van der Waals surface area contributed by atoms with Gasteiger partial charge < -0.3 is 4.74 Å². The summed E-state index contributed by atoms with van der Waals surface area (Å²) in [6.45, 7) is 4.83. The Morgan fingerprint density at radius 3 is 2.91 bits per heavy atom. The van der Waals surface area contributed by atoms with Crippen molar-refractivity contribution in [2.24, 2.45) is 0 Å². The Bertz CT molecular complexity index is 589. The van der Waals surface area contributed by atoms with E-state index in [1.54, 1.807) is 14.2 Å². The number of methoxy groups -OCH3 is 1. The van der Waals surface area contributed by atoms with Gasteiger partial charge in [0, 0.05) is 33.7 Å². The fraction of sp³-hybridized carbons (Fsp3) is 0.857. The third-order valence-electron chi connectivity index (χ3n) is 4.20. The second kappa shape index (κ2) is 8.18. The molecular formula is C14H27N5O3S. The fourth-order valence-electron chi connectivity index (χ4n) is 2.78. The number of rotatable bonds is 8. The topological polar surface area (TPSA) is 91.4 Å². The first-order valence-electron chi connectivity index (χ1n) is 8.04. The number of aromatic amines is 1. The molecule has 1 fully saturated rings. The summed E-state index contributed by atoms with van der Waals surface area (Å²) < 4.78 is 31.7. The molecule has 1 aromatic heterocycles. The SMILES string of the molecule is CCc1n[nH]c(CN2CCCC(S(=O)(=O)N(C)CCOC)C2)n1. The van der Waals surface area contributed by atoms with Gasteiger partial charge >= 0.3 is 0 Å². The van der Waals surface area contributed by atoms with Crippen molar-refractivity contribution >= 4 is 10.0 Å². The molecule has 1 N–H and O–H groups in total. The predicted molar refractivity (Wildman–Crippen MR) is 87.5 cm³/mol. The number of hydrogen-bond donors (Lipinski definition) is 1. The summed E-state index contributed by atoms with van der Waals surface area (Å²) in [5, 5.41) is 6.69. The summed E-state index contributed by atoms with van der Waals surface area (Å²) in [6.07, 6.45) is 2.36.